The third kappa shape index (κ3) is 15.5. The Hall–Kier alpha value is -4.41. The second-order valence-corrected chi connectivity index (χ2v) is 15.5. The van der Waals surface area contributed by atoms with Gasteiger partial charge in [0.25, 0.3) is 0 Å². The summed E-state index contributed by atoms with van der Waals surface area (Å²) in [5.41, 5.74) is 6.79. The van der Waals surface area contributed by atoms with Gasteiger partial charge in [0.05, 0.1) is 0 Å². The van der Waals surface area contributed by atoms with Crippen molar-refractivity contribution < 1.29 is 33.4 Å². The number of aryl methyl sites for hydroxylation is 2. The van der Waals surface area contributed by atoms with Crippen molar-refractivity contribution in [2.45, 2.75) is 149 Å². The number of benzene rings is 2. The van der Waals surface area contributed by atoms with Gasteiger partial charge in [-0.15, -0.1) is 0 Å². The van der Waals surface area contributed by atoms with Crippen molar-refractivity contribution in [3.8, 4) is 0 Å². The van der Waals surface area contributed by atoms with Crippen LogP contribution in [0.15, 0.2) is 48.5 Å². The minimum atomic E-state index is -1.23. The van der Waals surface area contributed by atoms with E-state index in [4.69, 9.17) is 15.2 Å². The lowest BCUT2D eigenvalue weighted by atomic mass is 9.92. The molecule has 11 nitrogen and oxygen atoms in total. The molecule has 0 saturated heterocycles. The fourth-order valence-electron chi connectivity index (χ4n) is 5.98. The largest absolute Gasteiger partial charge is 0.458 e. The minimum Gasteiger partial charge on any atom is -0.458 e. The van der Waals surface area contributed by atoms with Gasteiger partial charge >= 0.3 is 12.1 Å². The Labute approximate surface area is 310 Å². The van der Waals surface area contributed by atoms with E-state index in [0.717, 1.165) is 48.8 Å². The third-order valence-corrected chi connectivity index (χ3v) is 8.37. The van der Waals surface area contributed by atoms with E-state index < -0.39 is 59.1 Å². The lowest BCUT2D eigenvalue weighted by molar-refractivity contribution is -0.159. The first-order valence-corrected chi connectivity index (χ1v) is 18.5. The van der Waals surface area contributed by atoms with E-state index >= 15 is 0 Å². The first-order chi connectivity index (χ1) is 24.3. The molecule has 0 aromatic heterocycles. The van der Waals surface area contributed by atoms with Crippen LogP contribution in [0.3, 0.4) is 0 Å². The number of ether oxygens (including phenoxy) is 2. The molecule has 0 aliphatic heterocycles. The molecule has 4 amide bonds. The standard InChI is InChI=1S/C41H62N4O7/c1-10-11-12-13-14-18-26-45(37(48)31(24-25-33(42)46)44-39(50)52-41(7,8)9)35(34-28(2)20-19-21-29(34)3)36(47)43-32(38(49)51-40(4,5)6)27-30-22-16-15-17-23-30/h15-17,19-23,31-32,35H,10-14,18,24-27H2,1-9H3,(H2,42,46)(H,43,47)(H,44,50). The van der Waals surface area contributed by atoms with Gasteiger partial charge in [-0.3, -0.25) is 14.4 Å². The maximum Gasteiger partial charge on any atom is 0.408 e. The number of nitrogens with zero attached hydrogens (tertiary/aromatic N) is 1. The molecule has 2 aromatic rings. The van der Waals surface area contributed by atoms with Crippen LogP contribution >= 0.6 is 0 Å². The van der Waals surface area contributed by atoms with Crippen LogP contribution in [0.4, 0.5) is 4.79 Å². The molecule has 0 aliphatic carbocycles. The Morgan fingerprint density at radius 2 is 1.33 bits per heavy atom. The van der Waals surface area contributed by atoms with Crippen molar-refractivity contribution in [1.82, 2.24) is 15.5 Å². The van der Waals surface area contributed by atoms with Gasteiger partial charge in [0.2, 0.25) is 17.7 Å². The summed E-state index contributed by atoms with van der Waals surface area (Å²) in [7, 11) is 0. The predicted molar refractivity (Wildman–Crippen MR) is 203 cm³/mol. The highest BCUT2D eigenvalue weighted by atomic mass is 16.6. The molecule has 0 heterocycles. The Bertz CT molecular complexity index is 1460. The predicted octanol–water partition coefficient (Wildman–Crippen LogP) is 6.76. The molecule has 0 aliphatic rings. The maximum atomic E-state index is 14.8. The molecule has 52 heavy (non-hydrogen) atoms. The van der Waals surface area contributed by atoms with E-state index in [1.165, 1.54) is 4.90 Å². The van der Waals surface area contributed by atoms with Crippen LogP contribution in [0.25, 0.3) is 0 Å². The third-order valence-electron chi connectivity index (χ3n) is 8.37. The normalized spacial score (nSPS) is 13.3. The van der Waals surface area contributed by atoms with E-state index in [0.29, 0.717) is 12.0 Å². The average Bonchev–Trinajstić information content (AvgIpc) is 3.03. The number of nitrogens with one attached hydrogen (secondary N) is 2. The van der Waals surface area contributed by atoms with Crippen molar-refractivity contribution in [2.75, 3.05) is 6.54 Å². The summed E-state index contributed by atoms with van der Waals surface area (Å²) < 4.78 is 11.2. The van der Waals surface area contributed by atoms with E-state index in [-0.39, 0.29) is 25.8 Å². The number of primary amides is 1. The first kappa shape index (κ1) is 43.8. The highest BCUT2D eigenvalue weighted by Crippen LogP contribution is 2.30. The molecule has 0 saturated carbocycles. The van der Waals surface area contributed by atoms with Gasteiger partial charge in [-0.25, -0.2) is 9.59 Å². The van der Waals surface area contributed by atoms with E-state index in [1.807, 2.05) is 62.4 Å². The van der Waals surface area contributed by atoms with Gasteiger partial charge in [0.1, 0.15) is 29.3 Å². The molecule has 0 radical (unpaired) electrons. The molecule has 2 aromatic carbocycles. The number of amides is 4. The number of nitrogens with two attached hydrogens (primary N) is 1. The molecular formula is C41H62N4O7. The van der Waals surface area contributed by atoms with Gasteiger partial charge < -0.3 is 30.7 Å². The van der Waals surface area contributed by atoms with Crippen LogP contribution in [-0.2, 0) is 35.1 Å². The number of carbonyl (C=O) groups is 5. The van der Waals surface area contributed by atoms with Crippen LogP contribution in [0.2, 0.25) is 0 Å². The summed E-state index contributed by atoms with van der Waals surface area (Å²) in [6.07, 6.45) is 4.61. The lowest BCUT2D eigenvalue weighted by Gasteiger charge is -2.36. The Balaban J connectivity index is 2.71. The van der Waals surface area contributed by atoms with Crippen molar-refractivity contribution in [3.05, 3.63) is 70.8 Å². The molecule has 3 unspecified atom stereocenters. The fourth-order valence-corrected chi connectivity index (χ4v) is 5.98. The summed E-state index contributed by atoms with van der Waals surface area (Å²) in [4.78, 5) is 69.8. The maximum absolute atomic E-state index is 14.8. The minimum absolute atomic E-state index is 0.101. The summed E-state index contributed by atoms with van der Waals surface area (Å²) >= 11 is 0. The molecule has 0 bridgehead atoms. The Kier molecular flexibility index (Phi) is 17.3. The molecule has 0 fully saturated rings. The van der Waals surface area contributed by atoms with Gasteiger partial charge in [-0.05, 0) is 90.5 Å². The number of alkyl carbamates (subject to hydrolysis) is 1. The SMILES string of the molecule is CCCCCCCCN(C(=O)C(CCC(N)=O)NC(=O)OC(C)(C)C)C(C(=O)NC(Cc1ccccc1)C(=O)OC(C)(C)C)c1c(C)cccc1C. The number of esters is 1. The average molecular weight is 723 g/mol. The molecule has 4 N–H and O–H groups in total. The highest BCUT2D eigenvalue weighted by Gasteiger charge is 2.39. The zero-order valence-corrected chi connectivity index (χ0v) is 32.8. The van der Waals surface area contributed by atoms with Crippen molar-refractivity contribution >= 4 is 29.8 Å². The van der Waals surface area contributed by atoms with Gasteiger partial charge in [-0.2, -0.15) is 0 Å². The van der Waals surface area contributed by atoms with Crippen LogP contribution in [0.5, 0.6) is 0 Å². The summed E-state index contributed by atoms with van der Waals surface area (Å²) in [5, 5.41) is 5.62. The monoisotopic (exact) mass is 722 g/mol. The van der Waals surface area contributed by atoms with Gasteiger partial charge in [-0.1, -0.05) is 87.6 Å². The molecular weight excluding hydrogens is 660 g/mol. The second kappa shape index (κ2) is 20.6. The zero-order chi connectivity index (χ0) is 39.1. The summed E-state index contributed by atoms with van der Waals surface area (Å²) in [6.45, 7) is 16.4. The highest BCUT2D eigenvalue weighted by molar-refractivity contribution is 5.94. The molecule has 3 atom stereocenters. The van der Waals surface area contributed by atoms with Gasteiger partial charge in [0.15, 0.2) is 0 Å². The first-order valence-electron chi connectivity index (χ1n) is 18.5. The molecule has 288 valence electrons. The number of rotatable bonds is 19. The van der Waals surface area contributed by atoms with Crippen LogP contribution in [0.1, 0.15) is 128 Å². The molecule has 0 spiro atoms. The van der Waals surface area contributed by atoms with Crippen molar-refractivity contribution in [1.29, 1.82) is 0 Å². The van der Waals surface area contributed by atoms with E-state index in [1.54, 1.807) is 41.5 Å². The van der Waals surface area contributed by atoms with Crippen LogP contribution in [0, 0.1) is 13.8 Å². The summed E-state index contributed by atoms with van der Waals surface area (Å²) in [6, 6.07) is 11.4. The van der Waals surface area contributed by atoms with Crippen molar-refractivity contribution in [2.24, 2.45) is 5.73 Å². The quantitative estimate of drug-likeness (QED) is 0.107. The fraction of sp³-hybridized carbons (Fsp3) is 0.585. The van der Waals surface area contributed by atoms with Gasteiger partial charge in [0, 0.05) is 19.4 Å². The van der Waals surface area contributed by atoms with Crippen LogP contribution < -0.4 is 16.4 Å². The second-order valence-electron chi connectivity index (χ2n) is 15.5. The zero-order valence-electron chi connectivity index (χ0n) is 32.8. The topological polar surface area (TPSA) is 157 Å². The van der Waals surface area contributed by atoms with E-state index in [9.17, 15) is 24.0 Å². The van der Waals surface area contributed by atoms with Crippen LogP contribution in [-0.4, -0.2) is 64.5 Å². The Morgan fingerprint density at radius 3 is 1.88 bits per heavy atom. The van der Waals surface area contributed by atoms with E-state index in [2.05, 4.69) is 17.6 Å². The smallest absolute Gasteiger partial charge is 0.408 e. The number of hydrogen-bond acceptors (Lipinski definition) is 7. The molecule has 2 rings (SSSR count). The number of carbonyl (C=O) groups excluding carboxylic acids is 5. The summed E-state index contributed by atoms with van der Waals surface area (Å²) in [5.74, 6) is -2.39. The van der Waals surface area contributed by atoms with Crippen molar-refractivity contribution in [3.63, 3.8) is 0 Å². The number of unbranched alkanes of at least 4 members (excludes halogenated alkanes) is 5. The molecule has 11 heteroatoms. The Morgan fingerprint density at radius 1 is 0.750 bits per heavy atom. The lowest BCUT2D eigenvalue weighted by Crippen LogP contribution is -2.55. The number of hydrogen-bond donors (Lipinski definition) is 3.